The van der Waals surface area contributed by atoms with Crippen molar-refractivity contribution in [2.45, 2.75) is 38.0 Å². The molecule has 110 valence electrons. The molecule has 1 aliphatic rings. The van der Waals surface area contributed by atoms with Gasteiger partial charge in [0.25, 0.3) is 5.69 Å². The summed E-state index contributed by atoms with van der Waals surface area (Å²) in [5, 5.41) is 23.9. The van der Waals surface area contributed by atoms with Crippen LogP contribution in [-0.4, -0.2) is 35.3 Å². The number of rotatable bonds is 6. The van der Waals surface area contributed by atoms with Crippen LogP contribution in [-0.2, 0) is 4.74 Å². The van der Waals surface area contributed by atoms with E-state index in [4.69, 9.17) is 4.74 Å². The molecule has 1 aliphatic heterocycles. The van der Waals surface area contributed by atoms with Crippen LogP contribution in [0.25, 0.3) is 0 Å². The van der Waals surface area contributed by atoms with Gasteiger partial charge in [0.15, 0.2) is 0 Å². The zero-order valence-corrected chi connectivity index (χ0v) is 11.5. The van der Waals surface area contributed by atoms with Gasteiger partial charge in [0, 0.05) is 31.3 Å². The monoisotopic (exact) mass is 280 g/mol. The molecule has 0 aromatic heterocycles. The first-order valence-corrected chi connectivity index (χ1v) is 6.85. The Morgan fingerprint density at radius 2 is 2.20 bits per heavy atom. The Labute approximate surface area is 117 Å². The van der Waals surface area contributed by atoms with E-state index >= 15 is 0 Å². The predicted octanol–water partition coefficient (Wildman–Crippen LogP) is 1.79. The first kappa shape index (κ1) is 14.9. The van der Waals surface area contributed by atoms with Gasteiger partial charge in [-0.15, -0.1) is 0 Å². The molecule has 3 atom stereocenters. The maximum Gasteiger partial charge on any atom is 0.269 e. The number of hydrogen-bond donors (Lipinski definition) is 2. The molecule has 0 saturated carbocycles. The molecular weight excluding hydrogens is 260 g/mol. The van der Waals surface area contributed by atoms with E-state index in [9.17, 15) is 15.2 Å². The van der Waals surface area contributed by atoms with Crippen LogP contribution in [0.5, 0.6) is 0 Å². The van der Waals surface area contributed by atoms with Crippen molar-refractivity contribution in [1.29, 1.82) is 0 Å². The van der Waals surface area contributed by atoms with Gasteiger partial charge in [0.2, 0.25) is 0 Å². The third-order valence-electron chi connectivity index (χ3n) is 3.64. The highest BCUT2D eigenvalue weighted by Gasteiger charge is 2.22. The Morgan fingerprint density at radius 1 is 1.50 bits per heavy atom. The van der Waals surface area contributed by atoms with Crippen molar-refractivity contribution < 1.29 is 14.8 Å². The summed E-state index contributed by atoms with van der Waals surface area (Å²) >= 11 is 0. The number of nitro groups is 1. The van der Waals surface area contributed by atoms with Gasteiger partial charge in [-0.1, -0.05) is 0 Å². The Bertz CT molecular complexity index is 443. The van der Waals surface area contributed by atoms with E-state index in [1.807, 2.05) is 6.92 Å². The molecule has 1 aromatic carbocycles. The Morgan fingerprint density at radius 3 is 2.75 bits per heavy atom. The quantitative estimate of drug-likeness (QED) is 0.613. The SMILES string of the molecule is CC(NCC(O)c1ccc([N+](=O)[O-])cc1)C1CCCO1. The van der Waals surface area contributed by atoms with Gasteiger partial charge in [-0.3, -0.25) is 10.1 Å². The molecule has 6 heteroatoms. The fraction of sp³-hybridized carbons (Fsp3) is 0.571. The van der Waals surface area contributed by atoms with Gasteiger partial charge in [-0.05, 0) is 37.5 Å². The van der Waals surface area contributed by atoms with Crippen LogP contribution in [0.15, 0.2) is 24.3 Å². The molecule has 1 saturated heterocycles. The third-order valence-corrected chi connectivity index (χ3v) is 3.64. The summed E-state index contributed by atoms with van der Waals surface area (Å²) in [5.74, 6) is 0. The lowest BCUT2D eigenvalue weighted by molar-refractivity contribution is -0.384. The molecule has 6 nitrogen and oxygen atoms in total. The van der Waals surface area contributed by atoms with E-state index in [1.165, 1.54) is 12.1 Å². The zero-order chi connectivity index (χ0) is 14.5. The lowest BCUT2D eigenvalue weighted by Crippen LogP contribution is -2.39. The van der Waals surface area contributed by atoms with Crippen molar-refractivity contribution in [3.8, 4) is 0 Å². The molecule has 1 aromatic rings. The van der Waals surface area contributed by atoms with E-state index in [-0.39, 0.29) is 17.8 Å². The number of nitro benzene ring substituents is 1. The summed E-state index contributed by atoms with van der Waals surface area (Å²) in [5.41, 5.74) is 0.698. The smallest absolute Gasteiger partial charge is 0.269 e. The van der Waals surface area contributed by atoms with Crippen molar-refractivity contribution in [1.82, 2.24) is 5.32 Å². The molecule has 0 aliphatic carbocycles. The van der Waals surface area contributed by atoms with E-state index in [0.717, 1.165) is 19.4 Å². The van der Waals surface area contributed by atoms with Crippen molar-refractivity contribution in [2.75, 3.05) is 13.2 Å². The zero-order valence-electron chi connectivity index (χ0n) is 11.5. The molecule has 0 spiro atoms. The van der Waals surface area contributed by atoms with Crippen molar-refractivity contribution >= 4 is 5.69 Å². The van der Waals surface area contributed by atoms with Gasteiger partial charge < -0.3 is 15.2 Å². The first-order valence-electron chi connectivity index (χ1n) is 6.85. The third kappa shape index (κ3) is 3.75. The van der Waals surface area contributed by atoms with Crippen molar-refractivity contribution in [2.24, 2.45) is 0 Å². The second-order valence-electron chi connectivity index (χ2n) is 5.11. The minimum atomic E-state index is -0.681. The van der Waals surface area contributed by atoms with Gasteiger partial charge in [-0.2, -0.15) is 0 Å². The molecule has 0 amide bonds. The van der Waals surface area contributed by atoms with Crippen LogP contribution in [0.1, 0.15) is 31.4 Å². The number of aliphatic hydroxyl groups excluding tert-OH is 1. The molecule has 20 heavy (non-hydrogen) atoms. The number of nitrogens with one attached hydrogen (secondary N) is 1. The molecule has 3 unspecified atom stereocenters. The Kier molecular flexibility index (Phi) is 5.05. The number of hydrogen-bond acceptors (Lipinski definition) is 5. The van der Waals surface area contributed by atoms with E-state index < -0.39 is 11.0 Å². The first-order chi connectivity index (χ1) is 9.58. The number of nitrogens with zero attached hydrogens (tertiary/aromatic N) is 1. The molecule has 1 fully saturated rings. The molecular formula is C14H20N2O4. The van der Waals surface area contributed by atoms with Crippen LogP contribution in [0, 0.1) is 10.1 Å². The summed E-state index contributed by atoms with van der Waals surface area (Å²) in [6.07, 6.45) is 1.65. The second-order valence-corrected chi connectivity index (χ2v) is 5.11. The fourth-order valence-electron chi connectivity index (χ4n) is 2.36. The van der Waals surface area contributed by atoms with Crippen LogP contribution in [0.2, 0.25) is 0 Å². The van der Waals surface area contributed by atoms with Crippen LogP contribution in [0.4, 0.5) is 5.69 Å². The predicted molar refractivity (Wildman–Crippen MR) is 74.5 cm³/mol. The summed E-state index contributed by atoms with van der Waals surface area (Å²) in [6, 6.07) is 6.16. The Balaban J connectivity index is 1.84. The molecule has 2 N–H and O–H groups in total. The number of benzene rings is 1. The molecule has 2 rings (SSSR count). The molecule has 0 radical (unpaired) electrons. The topological polar surface area (TPSA) is 84.6 Å². The maximum atomic E-state index is 10.6. The maximum absolute atomic E-state index is 10.6. The van der Waals surface area contributed by atoms with Gasteiger partial charge in [0.05, 0.1) is 17.1 Å². The van der Waals surface area contributed by atoms with Gasteiger partial charge >= 0.3 is 0 Å². The minimum absolute atomic E-state index is 0.0293. The van der Waals surface area contributed by atoms with Crippen LogP contribution < -0.4 is 5.32 Å². The van der Waals surface area contributed by atoms with E-state index in [0.29, 0.717) is 12.1 Å². The van der Waals surface area contributed by atoms with Gasteiger partial charge in [0.1, 0.15) is 0 Å². The highest BCUT2D eigenvalue weighted by molar-refractivity contribution is 5.33. The highest BCUT2D eigenvalue weighted by Crippen LogP contribution is 2.19. The second kappa shape index (κ2) is 6.78. The van der Waals surface area contributed by atoms with E-state index in [2.05, 4.69) is 5.32 Å². The Hall–Kier alpha value is -1.50. The number of aliphatic hydroxyl groups is 1. The molecule has 0 bridgehead atoms. The van der Waals surface area contributed by atoms with Crippen LogP contribution >= 0.6 is 0 Å². The van der Waals surface area contributed by atoms with Crippen molar-refractivity contribution in [3.63, 3.8) is 0 Å². The fourth-order valence-corrected chi connectivity index (χ4v) is 2.36. The normalized spacial score (nSPS) is 21.6. The van der Waals surface area contributed by atoms with Crippen molar-refractivity contribution in [3.05, 3.63) is 39.9 Å². The molecule has 1 heterocycles. The average molecular weight is 280 g/mol. The minimum Gasteiger partial charge on any atom is -0.387 e. The lowest BCUT2D eigenvalue weighted by atomic mass is 10.1. The largest absolute Gasteiger partial charge is 0.387 e. The standard InChI is InChI=1S/C14H20N2O4/c1-10(14-3-2-8-20-14)15-9-13(17)11-4-6-12(7-5-11)16(18)19/h4-7,10,13-15,17H,2-3,8-9H2,1H3. The highest BCUT2D eigenvalue weighted by atomic mass is 16.6. The summed E-state index contributed by atoms with van der Waals surface area (Å²) in [6.45, 7) is 3.25. The summed E-state index contributed by atoms with van der Waals surface area (Å²) in [7, 11) is 0. The lowest BCUT2D eigenvalue weighted by Gasteiger charge is -2.22. The van der Waals surface area contributed by atoms with Gasteiger partial charge in [-0.25, -0.2) is 0 Å². The summed E-state index contributed by atoms with van der Waals surface area (Å²) < 4.78 is 5.58. The van der Waals surface area contributed by atoms with E-state index in [1.54, 1.807) is 12.1 Å². The van der Waals surface area contributed by atoms with Crippen LogP contribution in [0.3, 0.4) is 0 Å². The summed E-state index contributed by atoms with van der Waals surface area (Å²) in [4.78, 5) is 10.1. The number of non-ortho nitro benzene ring substituents is 1. The average Bonchev–Trinajstić information content (AvgIpc) is 2.98. The number of ether oxygens (including phenoxy) is 1.